The molecule has 0 bridgehead atoms. The Kier molecular flexibility index (Phi) is 5.89. The average molecular weight is 316 g/mol. The van der Waals surface area contributed by atoms with Gasteiger partial charge in [0.15, 0.2) is 0 Å². The fourth-order valence-electron chi connectivity index (χ4n) is 3.66. The zero-order valence-electron chi connectivity index (χ0n) is 15.4. The van der Waals surface area contributed by atoms with Crippen molar-refractivity contribution < 1.29 is 9.53 Å². The molecule has 0 amide bonds. The van der Waals surface area contributed by atoms with Gasteiger partial charge >= 0.3 is 0 Å². The highest BCUT2D eigenvalue weighted by atomic mass is 16.5. The van der Waals surface area contributed by atoms with Crippen LogP contribution in [0.1, 0.15) is 78.2 Å². The molecular formula is C21H32O2. The maximum Gasteiger partial charge on any atom is 0.130 e. The van der Waals surface area contributed by atoms with Crippen molar-refractivity contribution in [2.45, 2.75) is 78.7 Å². The minimum absolute atomic E-state index is 0.244. The molecule has 2 nitrogen and oxygen atoms in total. The standard InChI is InChI=1S/C21H32O2/c1-15(14-16(2)22)17-6-10-19(11-7-17)23-20-12-8-18(9-13-20)21(3,4)5/h6-7,10-11,15,18,20H,8-9,12-14H2,1-5H3/t15?,18-,20-. The summed E-state index contributed by atoms with van der Waals surface area (Å²) >= 11 is 0. The Morgan fingerprint density at radius 1 is 1.13 bits per heavy atom. The second-order valence-electron chi connectivity index (χ2n) is 8.33. The Labute approximate surface area is 141 Å². The molecule has 1 fully saturated rings. The number of ketones is 1. The highest BCUT2D eigenvalue weighted by molar-refractivity contribution is 5.76. The molecule has 0 aromatic heterocycles. The predicted octanol–water partition coefficient (Wildman–Crippen LogP) is 5.75. The Bertz CT molecular complexity index is 502. The quantitative estimate of drug-likeness (QED) is 0.691. The van der Waals surface area contributed by atoms with Crippen LogP contribution in [0.3, 0.4) is 0 Å². The maximum atomic E-state index is 11.2. The lowest BCUT2D eigenvalue weighted by Gasteiger charge is -2.37. The van der Waals surface area contributed by atoms with E-state index in [2.05, 4.69) is 52.0 Å². The molecule has 2 rings (SSSR count). The number of carbonyl (C=O) groups excluding carboxylic acids is 1. The van der Waals surface area contributed by atoms with E-state index in [4.69, 9.17) is 4.74 Å². The summed E-state index contributed by atoms with van der Waals surface area (Å²) in [5.41, 5.74) is 1.63. The van der Waals surface area contributed by atoms with Crippen molar-refractivity contribution in [3.8, 4) is 5.75 Å². The van der Waals surface area contributed by atoms with Gasteiger partial charge in [-0.15, -0.1) is 0 Å². The van der Waals surface area contributed by atoms with Crippen LogP contribution in [0.2, 0.25) is 0 Å². The summed E-state index contributed by atoms with van der Waals surface area (Å²) in [5.74, 6) is 2.30. The third kappa shape index (κ3) is 5.37. The smallest absolute Gasteiger partial charge is 0.130 e. The van der Waals surface area contributed by atoms with Crippen LogP contribution in [0.15, 0.2) is 24.3 Å². The van der Waals surface area contributed by atoms with E-state index in [0.717, 1.165) is 24.5 Å². The Morgan fingerprint density at radius 3 is 2.17 bits per heavy atom. The van der Waals surface area contributed by atoms with Gasteiger partial charge < -0.3 is 9.53 Å². The van der Waals surface area contributed by atoms with E-state index in [1.165, 1.54) is 18.4 Å². The lowest BCUT2D eigenvalue weighted by Crippen LogP contribution is -2.30. The SMILES string of the molecule is CC(=O)CC(C)c1ccc(O[C@H]2CC[C@H](C(C)(C)C)CC2)cc1. The molecule has 1 aliphatic rings. The van der Waals surface area contributed by atoms with Crippen LogP contribution in [-0.4, -0.2) is 11.9 Å². The van der Waals surface area contributed by atoms with Crippen LogP contribution in [0.4, 0.5) is 0 Å². The van der Waals surface area contributed by atoms with E-state index in [0.29, 0.717) is 17.9 Å². The molecule has 1 atom stereocenters. The van der Waals surface area contributed by atoms with Gasteiger partial charge in [0.05, 0.1) is 6.10 Å². The van der Waals surface area contributed by atoms with Crippen LogP contribution < -0.4 is 4.74 Å². The zero-order chi connectivity index (χ0) is 17.0. The van der Waals surface area contributed by atoms with E-state index >= 15 is 0 Å². The van der Waals surface area contributed by atoms with Gasteiger partial charge in [-0.05, 0) is 67.6 Å². The van der Waals surface area contributed by atoms with E-state index in [-0.39, 0.29) is 11.7 Å². The first-order chi connectivity index (χ1) is 10.8. The topological polar surface area (TPSA) is 26.3 Å². The molecule has 1 aromatic carbocycles. The van der Waals surface area contributed by atoms with Gasteiger partial charge in [0, 0.05) is 6.42 Å². The number of Topliss-reactive ketones (excluding diaryl/α,β-unsaturated/α-hetero) is 1. The van der Waals surface area contributed by atoms with Crippen molar-refractivity contribution in [3.63, 3.8) is 0 Å². The van der Waals surface area contributed by atoms with Gasteiger partial charge in [-0.1, -0.05) is 39.8 Å². The lowest BCUT2D eigenvalue weighted by molar-refractivity contribution is -0.117. The zero-order valence-corrected chi connectivity index (χ0v) is 15.4. The molecule has 0 saturated heterocycles. The number of benzene rings is 1. The molecular weight excluding hydrogens is 284 g/mol. The summed E-state index contributed by atoms with van der Waals surface area (Å²) < 4.78 is 6.17. The van der Waals surface area contributed by atoms with Crippen molar-refractivity contribution in [1.29, 1.82) is 0 Å². The molecule has 1 aromatic rings. The fourth-order valence-corrected chi connectivity index (χ4v) is 3.66. The van der Waals surface area contributed by atoms with Gasteiger partial charge in [0.2, 0.25) is 0 Å². The van der Waals surface area contributed by atoms with Crippen LogP contribution in [0.5, 0.6) is 5.75 Å². The van der Waals surface area contributed by atoms with Crippen molar-refractivity contribution in [2.75, 3.05) is 0 Å². The number of hydrogen-bond acceptors (Lipinski definition) is 2. The Balaban J connectivity index is 1.86. The number of carbonyl (C=O) groups is 1. The molecule has 23 heavy (non-hydrogen) atoms. The molecule has 1 aliphatic carbocycles. The summed E-state index contributed by atoms with van der Waals surface area (Å²) in [6.07, 6.45) is 5.81. The van der Waals surface area contributed by atoms with Crippen molar-refractivity contribution in [2.24, 2.45) is 11.3 Å². The summed E-state index contributed by atoms with van der Waals surface area (Å²) in [6, 6.07) is 8.32. The summed E-state index contributed by atoms with van der Waals surface area (Å²) in [6.45, 7) is 10.8. The third-order valence-corrected chi connectivity index (χ3v) is 5.24. The first-order valence-corrected chi connectivity index (χ1v) is 9.01. The molecule has 0 N–H and O–H groups in total. The molecule has 1 saturated carbocycles. The molecule has 0 radical (unpaired) electrons. The Morgan fingerprint density at radius 2 is 1.70 bits per heavy atom. The number of rotatable bonds is 5. The summed E-state index contributed by atoms with van der Waals surface area (Å²) in [5, 5.41) is 0. The monoisotopic (exact) mass is 316 g/mol. The van der Waals surface area contributed by atoms with Gasteiger partial charge in [0.25, 0.3) is 0 Å². The van der Waals surface area contributed by atoms with Crippen LogP contribution in [0, 0.1) is 11.3 Å². The lowest BCUT2D eigenvalue weighted by atomic mass is 9.72. The molecule has 0 aliphatic heterocycles. The number of ether oxygens (including phenoxy) is 1. The normalized spacial score (nSPS) is 23.3. The maximum absolute atomic E-state index is 11.2. The minimum Gasteiger partial charge on any atom is -0.490 e. The minimum atomic E-state index is 0.244. The van der Waals surface area contributed by atoms with Crippen molar-refractivity contribution in [3.05, 3.63) is 29.8 Å². The van der Waals surface area contributed by atoms with E-state index < -0.39 is 0 Å². The van der Waals surface area contributed by atoms with Crippen molar-refractivity contribution in [1.82, 2.24) is 0 Å². The summed E-state index contributed by atoms with van der Waals surface area (Å²) in [7, 11) is 0. The van der Waals surface area contributed by atoms with Crippen molar-refractivity contribution >= 4 is 5.78 Å². The predicted molar refractivity (Wildman–Crippen MR) is 96.0 cm³/mol. The highest BCUT2D eigenvalue weighted by Gasteiger charge is 2.30. The highest BCUT2D eigenvalue weighted by Crippen LogP contribution is 2.38. The first-order valence-electron chi connectivity index (χ1n) is 9.01. The first kappa shape index (κ1) is 18.0. The van der Waals surface area contributed by atoms with Gasteiger partial charge in [-0.3, -0.25) is 0 Å². The van der Waals surface area contributed by atoms with Crippen LogP contribution >= 0.6 is 0 Å². The van der Waals surface area contributed by atoms with E-state index in [1.54, 1.807) is 6.92 Å². The third-order valence-electron chi connectivity index (χ3n) is 5.24. The molecule has 2 heteroatoms. The van der Waals surface area contributed by atoms with Crippen LogP contribution in [0.25, 0.3) is 0 Å². The van der Waals surface area contributed by atoms with Crippen LogP contribution in [-0.2, 0) is 4.79 Å². The number of hydrogen-bond donors (Lipinski definition) is 0. The van der Waals surface area contributed by atoms with E-state index in [1.807, 2.05) is 0 Å². The summed E-state index contributed by atoms with van der Waals surface area (Å²) in [4.78, 5) is 11.2. The van der Waals surface area contributed by atoms with Gasteiger partial charge in [0.1, 0.15) is 11.5 Å². The largest absolute Gasteiger partial charge is 0.490 e. The molecule has 1 unspecified atom stereocenters. The molecule has 128 valence electrons. The second-order valence-corrected chi connectivity index (χ2v) is 8.33. The fraction of sp³-hybridized carbons (Fsp3) is 0.667. The van der Waals surface area contributed by atoms with E-state index in [9.17, 15) is 4.79 Å². The second kappa shape index (κ2) is 7.51. The molecule has 0 spiro atoms. The average Bonchev–Trinajstić information content (AvgIpc) is 2.47. The van der Waals surface area contributed by atoms with Gasteiger partial charge in [-0.25, -0.2) is 0 Å². The Hall–Kier alpha value is -1.31. The van der Waals surface area contributed by atoms with Gasteiger partial charge in [-0.2, -0.15) is 0 Å². The molecule has 0 heterocycles.